The van der Waals surface area contributed by atoms with Crippen molar-refractivity contribution in [3.05, 3.63) is 28.8 Å². The molecule has 1 N–H and O–H groups in total. The molecule has 0 fully saturated rings. The first kappa shape index (κ1) is 21.4. The summed E-state index contributed by atoms with van der Waals surface area (Å²) in [4.78, 5) is 8.70. The summed E-state index contributed by atoms with van der Waals surface area (Å²) in [5.74, 6) is -0.440. The van der Waals surface area contributed by atoms with Gasteiger partial charge in [-0.3, -0.25) is 4.99 Å². The minimum atomic E-state index is -4.89. The molecule has 4 nitrogen and oxygen atoms in total. The number of halogens is 3. The van der Waals surface area contributed by atoms with Gasteiger partial charge in [-0.15, -0.1) is 24.5 Å². The topological polar surface area (TPSA) is 54.7 Å². The van der Waals surface area contributed by atoms with Gasteiger partial charge in [0.1, 0.15) is 10.7 Å². The molecule has 1 atom stereocenters. The molecule has 1 heterocycles. The molecule has 0 radical (unpaired) electrons. The molecular weight excluding hydrogens is 377 g/mol. The fourth-order valence-corrected chi connectivity index (χ4v) is 3.49. The predicted molar refractivity (Wildman–Crippen MR) is 102 cm³/mol. The Morgan fingerprint density at radius 3 is 2.59 bits per heavy atom. The maximum absolute atomic E-state index is 13.1. The standard InChI is InChI=1S/C19H23F3N2O2S/c1-5-7-11(3)24-16-12(4)13(18-23-8-9-27-18)10-14(15(25)6-2)17(16)26-19(20,21)22/h8-10,15,25H,5-7H2,1-4H3/b24-11-. The Kier molecular flexibility index (Phi) is 7.00. The Morgan fingerprint density at radius 2 is 2.07 bits per heavy atom. The van der Waals surface area contributed by atoms with Gasteiger partial charge in [-0.1, -0.05) is 20.3 Å². The molecule has 1 aromatic carbocycles. The summed E-state index contributed by atoms with van der Waals surface area (Å²) >= 11 is 1.37. The van der Waals surface area contributed by atoms with E-state index in [1.54, 1.807) is 32.3 Å². The quantitative estimate of drug-likeness (QED) is 0.551. The molecule has 0 aliphatic carbocycles. The third-order valence-electron chi connectivity index (χ3n) is 4.08. The van der Waals surface area contributed by atoms with E-state index in [1.807, 2.05) is 6.92 Å². The molecule has 2 aromatic rings. The van der Waals surface area contributed by atoms with E-state index in [4.69, 9.17) is 0 Å². The Labute approximate surface area is 160 Å². The highest BCUT2D eigenvalue weighted by Crippen LogP contribution is 2.46. The molecule has 0 aliphatic rings. The van der Waals surface area contributed by atoms with E-state index in [1.165, 1.54) is 17.4 Å². The fraction of sp³-hybridized carbons (Fsp3) is 0.474. The van der Waals surface area contributed by atoms with Crippen molar-refractivity contribution >= 4 is 22.7 Å². The predicted octanol–water partition coefficient (Wildman–Crippen LogP) is 6.35. The molecule has 0 spiro atoms. The summed E-state index contributed by atoms with van der Waals surface area (Å²) in [6.07, 6.45) is -2.66. The number of aliphatic hydroxyl groups excluding tert-OH is 1. The van der Waals surface area contributed by atoms with Crippen molar-refractivity contribution < 1.29 is 23.0 Å². The van der Waals surface area contributed by atoms with Crippen molar-refractivity contribution in [3.63, 3.8) is 0 Å². The van der Waals surface area contributed by atoms with Gasteiger partial charge in [0.25, 0.3) is 0 Å². The highest BCUT2D eigenvalue weighted by molar-refractivity contribution is 7.13. The molecule has 1 unspecified atom stereocenters. The first-order valence-corrected chi connectivity index (χ1v) is 9.61. The van der Waals surface area contributed by atoms with Gasteiger partial charge < -0.3 is 9.84 Å². The van der Waals surface area contributed by atoms with E-state index >= 15 is 0 Å². The van der Waals surface area contributed by atoms with Crippen LogP contribution >= 0.6 is 11.3 Å². The molecule has 0 saturated carbocycles. The highest BCUT2D eigenvalue weighted by Gasteiger charge is 2.35. The third-order valence-corrected chi connectivity index (χ3v) is 4.88. The van der Waals surface area contributed by atoms with Crippen LogP contribution in [0.4, 0.5) is 18.9 Å². The van der Waals surface area contributed by atoms with Gasteiger partial charge in [0, 0.05) is 28.4 Å². The number of hydrogen-bond acceptors (Lipinski definition) is 5. The largest absolute Gasteiger partial charge is 0.573 e. The van der Waals surface area contributed by atoms with Crippen LogP contribution in [0.25, 0.3) is 10.6 Å². The van der Waals surface area contributed by atoms with Crippen molar-refractivity contribution in [3.8, 4) is 16.3 Å². The SMILES string of the molecule is CCC/C(C)=N\c1c(C)c(-c2nccs2)cc(C(O)CC)c1OC(F)(F)F. The summed E-state index contributed by atoms with van der Waals surface area (Å²) in [6, 6.07) is 1.53. The molecule has 27 heavy (non-hydrogen) atoms. The number of aromatic nitrogens is 1. The minimum absolute atomic E-state index is 0.0636. The van der Waals surface area contributed by atoms with Crippen molar-refractivity contribution in [1.82, 2.24) is 4.98 Å². The van der Waals surface area contributed by atoms with Crippen molar-refractivity contribution in [1.29, 1.82) is 0 Å². The molecule has 0 amide bonds. The first-order chi connectivity index (χ1) is 12.7. The Balaban J connectivity index is 2.81. The lowest BCUT2D eigenvalue weighted by Crippen LogP contribution is -2.19. The first-order valence-electron chi connectivity index (χ1n) is 8.73. The van der Waals surface area contributed by atoms with Gasteiger partial charge in [0.05, 0.1) is 6.10 Å². The fourth-order valence-electron chi connectivity index (χ4n) is 2.78. The van der Waals surface area contributed by atoms with Gasteiger partial charge in [0.15, 0.2) is 5.75 Å². The molecule has 1 aromatic heterocycles. The number of aliphatic hydroxyl groups is 1. The summed E-state index contributed by atoms with van der Waals surface area (Å²) in [7, 11) is 0. The summed E-state index contributed by atoms with van der Waals surface area (Å²) in [6.45, 7) is 7.12. The average Bonchev–Trinajstić information content (AvgIpc) is 3.11. The maximum atomic E-state index is 13.1. The zero-order valence-corrected chi connectivity index (χ0v) is 16.5. The van der Waals surface area contributed by atoms with Gasteiger partial charge in [-0.05, 0) is 38.3 Å². The number of alkyl halides is 3. The van der Waals surface area contributed by atoms with Crippen LogP contribution in [0.2, 0.25) is 0 Å². The molecule has 0 aliphatic heterocycles. The van der Waals surface area contributed by atoms with E-state index in [2.05, 4.69) is 14.7 Å². The summed E-state index contributed by atoms with van der Waals surface area (Å²) < 4.78 is 43.6. The monoisotopic (exact) mass is 400 g/mol. The molecule has 148 valence electrons. The van der Waals surface area contributed by atoms with Gasteiger partial charge >= 0.3 is 6.36 Å². The molecule has 8 heteroatoms. The number of rotatable bonds is 7. The van der Waals surface area contributed by atoms with Crippen LogP contribution in [-0.4, -0.2) is 22.2 Å². The minimum Gasteiger partial charge on any atom is -0.403 e. The van der Waals surface area contributed by atoms with E-state index in [0.29, 0.717) is 28.3 Å². The van der Waals surface area contributed by atoms with Crippen LogP contribution in [0.1, 0.15) is 57.3 Å². The zero-order chi connectivity index (χ0) is 20.2. The Hall–Kier alpha value is -1.93. The molecular formula is C19H23F3N2O2S. The number of benzene rings is 1. The van der Waals surface area contributed by atoms with Gasteiger partial charge in [-0.25, -0.2) is 4.98 Å². The lowest BCUT2D eigenvalue weighted by atomic mass is 9.97. The van der Waals surface area contributed by atoms with Crippen LogP contribution < -0.4 is 4.74 Å². The van der Waals surface area contributed by atoms with Crippen LogP contribution in [0.3, 0.4) is 0 Å². The van der Waals surface area contributed by atoms with Crippen molar-refractivity contribution in [2.24, 2.45) is 4.99 Å². The Morgan fingerprint density at radius 1 is 1.37 bits per heavy atom. The maximum Gasteiger partial charge on any atom is 0.573 e. The van der Waals surface area contributed by atoms with E-state index < -0.39 is 18.2 Å². The van der Waals surface area contributed by atoms with Crippen molar-refractivity contribution in [2.45, 2.75) is 59.4 Å². The molecule has 2 rings (SSSR count). The summed E-state index contributed by atoms with van der Waals surface area (Å²) in [5, 5.41) is 12.8. The van der Waals surface area contributed by atoms with Crippen molar-refractivity contribution in [2.75, 3.05) is 0 Å². The van der Waals surface area contributed by atoms with E-state index in [-0.39, 0.29) is 17.7 Å². The number of nitrogens with zero attached hydrogens (tertiary/aromatic N) is 2. The number of ether oxygens (including phenoxy) is 1. The second-order valence-electron chi connectivity index (χ2n) is 6.22. The van der Waals surface area contributed by atoms with E-state index in [0.717, 1.165) is 6.42 Å². The number of thiazole rings is 1. The van der Waals surface area contributed by atoms with E-state index in [9.17, 15) is 18.3 Å². The van der Waals surface area contributed by atoms with Gasteiger partial charge in [-0.2, -0.15) is 0 Å². The number of aliphatic imine (C=N–C) groups is 1. The third kappa shape index (κ3) is 5.29. The second-order valence-corrected chi connectivity index (χ2v) is 7.12. The second kappa shape index (κ2) is 8.84. The molecule has 0 saturated heterocycles. The van der Waals surface area contributed by atoms with Crippen LogP contribution in [0.15, 0.2) is 22.6 Å². The van der Waals surface area contributed by atoms with Gasteiger partial charge in [0.2, 0.25) is 0 Å². The number of hydrogen-bond donors (Lipinski definition) is 1. The lowest BCUT2D eigenvalue weighted by molar-refractivity contribution is -0.274. The smallest absolute Gasteiger partial charge is 0.403 e. The zero-order valence-electron chi connectivity index (χ0n) is 15.7. The lowest BCUT2D eigenvalue weighted by Gasteiger charge is -2.21. The van der Waals surface area contributed by atoms with Crippen LogP contribution in [-0.2, 0) is 0 Å². The normalized spacial score (nSPS) is 13.7. The summed E-state index contributed by atoms with van der Waals surface area (Å²) in [5.41, 5.74) is 2.03. The van der Waals surface area contributed by atoms with Crippen LogP contribution in [0.5, 0.6) is 5.75 Å². The highest BCUT2D eigenvalue weighted by atomic mass is 32.1. The average molecular weight is 400 g/mol. The molecule has 0 bridgehead atoms. The Bertz CT molecular complexity index is 802. The van der Waals surface area contributed by atoms with Crippen LogP contribution in [0, 0.1) is 6.92 Å².